The third kappa shape index (κ3) is 6.41. The van der Waals surface area contributed by atoms with Crippen molar-refractivity contribution in [1.82, 2.24) is 4.98 Å². The first-order valence-corrected chi connectivity index (χ1v) is 12.1. The summed E-state index contributed by atoms with van der Waals surface area (Å²) >= 11 is 1.31. The minimum atomic E-state index is -6.50. The molecule has 0 aliphatic carbocycles. The summed E-state index contributed by atoms with van der Waals surface area (Å²) in [6.45, 7) is -3.12. The van der Waals surface area contributed by atoms with Gasteiger partial charge in [-0.3, -0.25) is 9.78 Å². The first kappa shape index (κ1) is 30.5. The Kier molecular flexibility index (Phi) is 9.07. The highest BCUT2D eigenvalue weighted by Crippen LogP contribution is 2.54. The van der Waals surface area contributed by atoms with E-state index in [0.717, 1.165) is 15.8 Å². The quantitative estimate of drug-likeness (QED) is 0.203. The van der Waals surface area contributed by atoms with Gasteiger partial charge < -0.3 is 20.9 Å². The molecule has 0 saturated carbocycles. The van der Waals surface area contributed by atoms with Crippen molar-refractivity contribution >= 4 is 27.4 Å². The van der Waals surface area contributed by atoms with E-state index in [4.69, 9.17) is 16.2 Å². The van der Waals surface area contributed by atoms with E-state index in [9.17, 15) is 39.9 Å². The van der Waals surface area contributed by atoms with Crippen LogP contribution in [0.4, 0.5) is 35.1 Å². The third-order valence-electron chi connectivity index (χ3n) is 5.65. The van der Waals surface area contributed by atoms with Gasteiger partial charge in [-0.25, -0.2) is 0 Å². The van der Waals surface area contributed by atoms with E-state index in [1.165, 1.54) is 23.5 Å². The topological polar surface area (TPSA) is 100 Å². The number of nitrogens with two attached hydrogens (primary N) is 2. The number of fused-ring (bicyclic) bond motifs is 1. The fraction of sp³-hybridized carbons (Fsp3) is 0.417. The molecule has 1 aromatic carbocycles. The smallest absolute Gasteiger partial charge is 0.378 e. The molecule has 39 heavy (non-hydrogen) atoms. The zero-order valence-corrected chi connectivity index (χ0v) is 20.8. The van der Waals surface area contributed by atoms with Crippen LogP contribution in [-0.2, 0) is 9.53 Å². The van der Waals surface area contributed by atoms with Crippen LogP contribution in [0.5, 0.6) is 5.75 Å². The van der Waals surface area contributed by atoms with E-state index in [1.54, 1.807) is 24.5 Å². The summed E-state index contributed by atoms with van der Waals surface area (Å²) < 4.78 is 123. The van der Waals surface area contributed by atoms with Gasteiger partial charge in [0.1, 0.15) is 11.8 Å². The molecule has 3 aromatic rings. The summed E-state index contributed by atoms with van der Waals surface area (Å²) in [5.41, 5.74) is 11.0. The number of aromatic nitrogens is 1. The molecule has 0 aliphatic heterocycles. The second-order valence-corrected chi connectivity index (χ2v) is 9.55. The molecule has 0 aliphatic rings. The predicted octanol–water partition coefficient (Wildman–Crippen LogP) is 5.49. The molecule has 4 N–H and O–H groups in total. The molecule has 2 aromatic heterocycles. The highest BCUT2D eigenvalue weighted by atomic mass is 32.1. The molecular weight excluding hydrogens is 562 g/mol. The van der Waals surface area contributed by atoms with Crippen molar-refractivity contribution in [1.29, 1.82) is 0 Å². The Morgan fingerprint density at radius 2 is 1.59 bits per heavy atom. The fourth-order valence-electron chi connectivity index (χ4n) is 3.31. The molecule has 0 fully saturated rings. The van der Waals surface area contributed by atoms with Gasteiger partial charge in [0, 0.05) is 34.1 Å². The van der Waals surface area contributed by atoms with Crippen LogP contribution in [-0.4, -0.2) is 60.4 Å². The molecule has 0 saturated heterocycles. The van der Waals surface area contributed by atoms with Gasteiger partial charge in [0.15, 0.2) is 0 Å². The Morgan fingerprint density at radius 3 is 2.18 bits per heavy atom. The molecule has 0 spiro atoms. The highest BCUT2D eigenvalue weighted by molar-refractivity contribution is 7.22. The lowest BCUT2D eigenvalue weighted by Crippen LogP contribution is -2.62. The van der Waals surface area contributed by atoms with E-state index >= 15 is 0 Å². The average Bonchev–Trinajstić information content (AvgIpc) is 3.31. The average molecular weight is 586 g/mol. The fourth-order valence-corrected chi connectivity index (χ4v) is 4.39. The van der Waals surface area contributed by atoms with E-state index < -0.39 is 68.3 Å². The summed E-state index contributed by atoms with van der Waals surface area (Å²) in [4.78, 5) is 16.1. The van der Waals surface area contributed by atoms with Crippen LogP contribution >= 0.6 is 11.3 Å². The maximum absolute atomic E-state index is 14.2. The van der Waals surface area contributed by atoms with Crippen molar-refractivity contribution in [3.8, 4) is 16.2 Å². The Labute approximate surface area is 220 Å². The predicted molar refractivity (Wildman–Crippen MR) is 128 cm³/mol. The van der Waals surface area contributed by atoms with E-state index in [0.29, 0.717) is 4.70 Å². The van der Waals surface area contributed by atoms with Gasteiger partial charge in [-0.1, -0.05) is 6.07 Å². The number of nitrogens with zero attached hydrogens (tertiary/aromatic N) is 1. The second-order valence-electron chi connectivity index (χ2n) is 8.47. The number of pyridine rings is 1. The van der Waals surface area contributed by atoms with Crippen LogP contribution in [0.15, 0.2) is 48.8 Å². The van der Waals surface area contributed by atoms with Crippen LogP contribution in [0, 0.1) is 0 Å². The first-order chi connectivity index (χ1) is 18.1. The molecule has 214 valence electrons. The van der Waals surface area contributed by atoms with Gasteiger partial charge in [-0.15, -0.1) is 11.3 Å². The second kappa shape index (κ2) is 11.6. The zero-order chi connectivity index (χ0) is 29.1. The van der Waals surface area contributed by atoms with Gasteiger partial charge in [0.25, 0.3) is 0 Å². The number of thiophene rings is 1. The zero-order valence-electron chi connectivity index (χ0n) is 20.0. The maximum atomic E-state index is 14.2. The van der Waals surface area contributed by atoms with E-state index in [2.05, 4.69) is 9.72 Å². The number of carbonyl (C=O) groups excluding carboxylic acids is 1. The number of ether oxygens (including phenoxy) is 2. The lowest BCUT2D eigenvalue weighted by molar-refractivity contribution is -0.369. The molecule has 2 heterocycles. The molecule has 6 nitrogen and oxygen atoms in total. The molecule has 1 unspecified atom stereocenters. The Balaban J connectivity index is 1.64. The summed E-state index contributed by atoms with van der Waals surface area (Å²) in [6.07, 6.45) is -0.924. The molecule has 1 atom stereocenters. The Bertz CT molecular complexity index is 1270. The monoisotopic (exact) mass is 585 g/mol. The molecule has 0 amide bonds. The standard InChI is InChI=1S/C24H23F8N3O3S/c25-21(26,23(29,30)24(31,32)22(27,28)6-9-38-20(36)17(34)12-33)5-8-37-16-4-3-14-10-18(39-19(14)11-16)15-2-1-7-35-13-15/h1-4,7,10-11,13,17H,5-6,8-9,12,33-34H2. The summed E-state index contributed by atoms with van der Waals surface area (Å²) in [6, 6.07) is 8.31. The highest BCUT2D eigenvalue weighted by Gasteiger charge is 2.79. The van der Waals surface area contributed by atoms with Gasteiger partial charge in [-0.2, -0.15) is 35.1 Å². The van der Waals surface area contributed by atoms with Crippen molar-refractivity contribution in [2.45, 2.75) is 42.6 Å². The molecule has 15 heteroatoms. The van der Waals surface area contributed by atoms with E-state index in [-0.39, 0.29) is 5.75 Å². The summed E-state index contributed by atoms with van der Waals surface area (Å²) in [5, 5.41) is 0.764. The largest absolute Gasteiger partial charge is 0.493 e. The minimum absolute atomic E-state index is 0.0178. The van der Waals surface area contributed by atoms with Gasteiger partial charge in [0.05, 0.1) is 26.1 Å². The number of halogens is 8. The van der Waals surface area contributed by atoms with Crippen molar-refractivity contribution in [2.24, 2.45) is 11.5 Å². The van der Waals surface area contributed by atoms with Crippen LogP contribution in [0.25, 0.3) is 20.5 Å². The third-order valence-corrected chi connectivity index (χ3v) is 6.80. The number of hydrogen-bond acceptors (Lipinski definition) is 7. The molecular formula is C24H23F8N3O3S. The van der Waals surface area contributed by atoms with E-state index in [1.807, 2.05) is 12.1 Å². The van der Waals surface area contributed by atoms with Crippen molar-refractivity contribution in [2.75, 3.05) is 19.8 Å². The summed E-state index contributed by atoms with van der Waals surface area (Å²) in [7, 11) is 0. The van der Waals surface area contributed by atoms with Crippen LogP contribution < -0.4 is 16.2 Å². The minimum Gasteiger partial charge on any atom is -0.493 e. The number of rotatable bonds is 13. The van der Waals surface area contributed by atoms with Gasteiger partial charge in [0.2, 0.25) is 0 Å². The normalized spacial score (nSPS) is 13.9. The van der Waals surface area contributed by atoms with Crippen LogP contribution in [0.1, 0.15) is 12.8 Å². The van der Waals surface area contributed by atoms with Crippen molar-refractivity contribution in [3.63, 3.8) is 0 Å². The SMILES string of the molecule is NCC(N)C(=O)OCCC(F)(F)C(F)(F)C(F)(F)C(F)(F)CCOc1ccc2cc(-c3cccnc3)sc2c1. The summed E-state index contributed by atoms with van der Waals surface area (Å²) in [5.74, 6) is -25.6. The van der Waals surface area contributed by atoms with Gasteiger partial charge >= 0.3 is 29.7 Å². The van der Waals surface area contributed by atoms with Crippen molar-refractivity contribution in [3.05, 3.63) is 48.8 Å². The number of alkyl halides is 8. The number of carbonyl (C=O) groups is 1. The first-order valence-electron chi connectivity index (χ1n) is 11.3. The molecule has 3 rings (SSSR count). The lowest BCUT2D eigenvalue weighted by Gasteiger charge is -2.36. The lowest BCUT2D eigenvalue weighted by atomic mass is 9.95. The van der Waals surface area contributed by atoms with Crippen LogP contribution in [0.3, 0.4) is 0 Å². The molecule has 0 radical (unpaired) electrons. The van der Waals surface area contributed by atoms with Gasteiger partial charge in [-0.05, 0) is 35.7 Å². The number of benzene rings is 1. The number of hydrogen-bond donors (Lipinski definition) is 2. The van der Waals surface area contributed by atoms with Crippen molar-refractivity contribution < 1.29 is 49.4 Å². The molecule has 0 bridgehead atoms. The Morgan fingerprint density at radius 1 is 0.949 bits per heavy atom. The maximum Gasteiger partial charge on any atom is 0.378 e. The van der Waals surface area contributed by atoms with Crippen LogP contribution in [0.2, 0.25) is 0 Å². The number of esters is 1. The Hall–Kier alpha value is -3.04.